The van der Waals surface area contributed by atoms with Crippen molar-refractivity contribution in [1.29, 1.82) is 0 Å². The van der Waals surface area contributed by atoms with Crippen molar-refractivity contribution < 1.29 is 10.2 Å². The minimum Gasteiger partial charge on any atom is -0.394 e. The van der Waals surface area contributed by atoms with Crippen LogP contribution >= 0.6 is 0 Å². The number of pyridine rings is 1. The van der Waals surface area contributed by atoms with Gasteiger partial charge >= 0.3 is 0 Å². The molecule has 0 amide bonds. The minimum atomic E-state index is -0.921. The maximum Gasteiger partial charge on any atom is 0.126 e. The smallest absolute Gasteiger partial charge is 0.126 e. The lowest BCUT2D eigenvalue weighted by Gasteiger charge is -2.18. The molecular formula is C21H21N3O2. The second kappa shape index (κ2) is 8.38. The summed E-state index contributed by atoms with van der Waals surface area (Å²) >= 11 is 0. The van der Waals surface area contributed by atoms with Crippen molar-refractivity contribution in [2.75, 3.05) is 6.61 Å². The van der Waals surface area contributed by atoms with E-state index in [1.54, 1.807) is 24.5 Å². The molecule has 26 heavy (non-hydrogen) atoms. The summed E-state index contributed by atoms with van der Waals surface area (Å²) in [5, 5.41) is 20.1. The standard InChI is InChI=1S/C21H21N3O2/c22-21(24-19(14-25)20(26)17-4-2-1-3-5-17)18-8-6-15(7-9-18)16-10-12-23-13-11-16/h1-13,19-20,25-26H,14H2,(H2,22,24)/t19-,20-/m0/s1. The monoisotopic (exact) mass is 347 g/mol. The van der Waals surface area contributed by atoms with Crippen LogP contribution in [0.1, 0.15) is 17.2 Å². The number of aliphatic hydroxyl groups excluding tert-OH is 2. The Balaban J connectivity index is 1.79. The fourth-order valence-electron chi connectivity index (χ4n) is 2.71. The van der Waals surface area contributed by atoms with Crippen molar-refractivity contribution in [2.45, 2.75) is 12.1 Å². The minimum absolute atomic E-state index is 0.278. The quantitative estimate of drug-likeness (QED) is 0.472. The van der Waals surface area contributed by atoms with Crippen molar-refractivity contribution in [1.82, 2.24) is 4.98 Å². The molecule has 5 nitrogen and oxygen atoms in total. The van der Waals surface area contributed by atoms with Gasteiger partial charge in [0.25, 0.3) is 0 Å². The Morgan fingerprint density at radius 2 is 1.54 bits per heavy atom. The summed E-state index contributed by atoms with van der Waals surface area (Å²) in [5.74, 6) is 0.278. The molecule has 1 heterocycles. The highest BCUT2D eigenvalue weighted by Gasteiger charge is 2.20. The van der Waals surface area contributed by atoms with E-state index < -0.39 is 12.1 Å². The van der Waals surface area contributed by atoms with Crippen LogP contribution in [0.3, 0.4) is 0 Å². The molecule has 1 aromatic heterocycles. The lowest BCUT2D eigenvalue weighted by atomic mass is 10.0. The van der Waals surface area contributed by atoms with Gasteiger partial charge in [0.1, 0.15) is 18.0 Å². The van der Waals surface area contributed by atoms with E-state index in [1.165, 1.54) is 0 Å². The third-order valence-electron chi connectivity index (χ3n) is 4.19. The molecular weight excluding hydrogens is 326 g/mol. The first-order valence-corrected chi connectivity index (χ1v) is 8.37. The third-order valence-corrected chi connectivity index (χ3v) is 4.19. The van der Waals surface area contributed by atoms with Crippen LogP contribution in [0.5, 0.6) is 0 Å². The van der Waals surface area contributed by atoms with Gasteiger partial charge in [-0.3, -0.25) is 9.98 Å². The summed E-state index contributed by atoms with van der Waals surface area (Å²) < 4.78 is 0. The van der Waals surface area contributed by atoms with Crippen LogP contribution in [0.25, 0.3) is 11.1 Å². The zero-order valence-corrected chi connectivity index (χ0v) is 14.2. The Labute approximate surface area is 152 Å². The molecule has 4 N–H and O–H groups in total. The van der Waals surface area contributed by atoms with Gasteiger partial charge in [-0.2, -0.15) is 0 Å². The fourth-order valence-corrected chi connectivity index (χ4v) is 2.71. The van der Waals surface area contributed by atoms with Crippen LogP contribution in [-0.2, 0) is 0 Å². The van der Waals surface area contributed by atoms with Gasteiger partial charge in [0.15, 0.2) is 0 Å². The number of aromatic nitrogens is 1. The van der Waals surface area contributed by atoms with Crippen molar-refractivity contribution in [3.63, 3.8) is 0 Å². The van der Waals surface area contributed by atoms with Gasteiger partial charge in [-0.15, -0.1) is 0 Å². The topological polar surface area (TPSA) is 91.7 Å². The Morgan fingerprint density at radius 1 is 0.923 bits per heavy atom. The number of hydrogen-bond acceptors (Lipinski definition) is 4. The Hall–Kier alpha value is -3.02. The zero-order chi connectivity index (χ0) is 18.4. The maximum atomic E-state index is 10.4. The number of amidine groups is 1. The molecule has 0 fully saturated rings. The average Bonchev–Trinajstić information content (AvgIpc) is 2.72. The molecule has 2 aromatic carbocycles. The molecule has 5 heteroatoms. The predicted octanol–water partition coefficient (Wildman–Crippen LogP) is 2.55. The molecule has 132 valence electrons. The molecule has 0 aliphatic rings. The van der Waals surface area contributed by atoms with Crippen LogP contribution in [0.15, 0.2) is 84.1 Å². The van der Waals surface area contributed by atoms with Crippen molar-refractivity contribution in [2.24, 2.45) is 10.7 Å². The van der Waals surface area contributed by atoms with Crippen LogP contribution in [0.4, 0.5) is 0 Å². The molecule has 0 unspecified atom stereocenters. The van der Waals surface area contributed by atoms with Crippen molar-refractivity contribution in [3.05, 3.63) is 90.3 Å². The Bertz CT molecular complexity index is 849. The van der Waals surface area contributed by atoms with Gasteiger partial charge < -0.3 is 15.9 Å². The average molecular weight is 347 g/mol. The summed E-state index contributed by atoms with van der Waals surface area (Å²) in [4.78, 5) is 8.34. The molecule has 0 saturated heterocycles. The lowest BCUT2D eigenvalue weighted by Crippen LogP contribution is -2.25. The first-order chi connectivity index (χ1) is 12.7. The number of benzene rings is 2. The van der Waals surface area contributed by atoms with E-state index >= 15 is 0 Å². The van der Waals surface area contributed by atoms with Gasteiger partial charge in [0.2, 0.25) is 0 Å². The molecule has 0 bridgehead atoms. The van der Waals surface area contributed by atoms with Crippen molar-refractivity contribution >= 4 is 5.84 Å². The molecule has 3 rings (SSSR count). The van der Waals surface area contributed by atoms with Gasteiger partial charge in [0, 0.05) is 18.0 Å². The van der Waals surface area contributed by atoms with E-state index in [-0.39, 0.29) is 12.4 Å². The van der Waals surface area contributed by atoms with Crippen LogP contribution < -0.4 is 5.73 Å². The zero-order valence-electron chi connectivity index (χ0n) is 14.2. The van der Waals surface area contributed by atoms with E-state index in [1.807, 2.05) is 54.6 Å². The van der Waals surface area contributed by atoms with E-state index in [9.17, 15) is 10.2 Å². The molecule has 0 saturated carbocycles. The van der Waals surface area contributed by atoms with E-state index in [4.69, 9.17) is 5.73 Å². The second-order valence-corrected chi connectivity index (χ2v) is 5.93. The van der Waals surface area contributed by atoms with Gasteiger partial charge in [0.05, 0.1) is 6.61 Å². The first kappa shape index (κ1) is 17.8. The van der Waals surface area contributed by atoms with Gasteiger partial charge in [-0.25, -0.2) is 0 Å². The summed E-state index contributed by atoms with van der Waals surface area (Å²) in [5.41, 5.74) is 9.64. The molecule has 0 aliphatic carbocycles. The molecule has 0 aliphatic heterocycles. The normalized spacial score (nSPS) is 14.0. The summed E-state index contributed by atoms with van der Waals surface area (Å²) in [6.45, 7) is -0.300. The highest BCUT2D eigenvalue weighted by Crippen LogP contribution is 2.21. The number of nitrogens with two attached hydrogens (primary N) is 1. The Kier molecular flexibility index (Phi) is 5.73. The first-order valence-electron chi connectivity index (χ1n) is 8.37. The highest BCUT2D eigenvalue weighted by molar-refractivity contribution is 5.98. The highest BCUT2D eigenvalue weighted by atomic mass is 16.3. The van der Waals surface area contributed by atoms with E-state index in [0.29, 0.717) is 5.56 Å². The summed E-state index contributed by atoms with van der Waals surface area (Å²) in [6.07, 6.45) is 2.57. The van der Waals surface area contributed by atoms with Gasteiger partial charge in [-0.05, 0) is 28.8 Å². The lowest BCUT2D eigenvalue weighted by molar-refractivity contribution is 0.110. The molecule has 0 radical (unpaired) electrons. The predicted molar refractivity (Wildman–Crippen MR) is 103 cm³/mol. The number of rotatable bonds is 6. The number of aliphatic imine (C=N–C) groups is 1. The summed E-state index contributed by atoms with van der Waals surface area (Å²) in [7, 11) is 0. The second-order valence-electron chi connectivity index (χ2n) is 5.93. The van der Waals surface area contributed by atoms with Crippen LogP contribution in [-0.4, -0.2) is 33.7 Å². The number of hydrogen-bond donors (Lipinski definition) is 3. The summed E-state index contributed by atoms with van der Waals surface area (Å²) in [6, 6.07) is 19.9. The number of nitrogens with zero attached hydrogens (tertiary/aromatic N) is 2. The van der Waals surface area contributed by atoms with E-state index in [0.717, 1.165) is 16.7 Å². The molecule has 2 atom stereocenters. The van der Waals surface area contributed by atoms with E-state index in [2.05, 4.69) is 9.98 Å². The van der Waals surface area contributed by atoms with Crippen LogP contribution in [0, 0.1) is 0 Å². The Morgan fingerprint density at radius 3 is 2.15 bits per heavy atom. The number of aliphatic hydroxyl groups is 2. The molecule has 0 spiro atoms. The molecule has 3 aromatic rings. The SMILES string of the molecule is NC(=N[C@@H](CO)[C@@H](O)c1ccccc1)c1ccc(-c2ccncc2)cc1. The van der Waals surface area contributed by atoms with Gasteiger partial charge in [-0.1, -0.05) is 54.6 Å². The van der Waals surface area contributed by atoms with Crippen molar-refractivity contribution in [3.8, 4) is 11.1 Å². The maximum absolute atomic E-state index is 10.4. The largest absolute Gasteiger partial charge is 0.394 e. The van der Waals surface area contributed by atoms with Crippen LogP contribution in [0.2, 0.25) is 0 Å². The third kappa shape index (κ3) is 4.14. The fraction of sp³-hybridized carbons (Fsp3) is 0.143.